The third-order valence-electron chi connectivity index (χ3n) is 5.00. The van der Waals surface area contributed by atoms with Gasteiger partial charge in [-0.3, -0.25) is 9.78 Å². The van der Waals surface area contributed by atoms with Crippen molar-refractivity contribution in [1.29, 1.82) is 0 Å². The van der Waals surface area contributed by atoms with Crippen molar-refractivity contribution in [1.82, 2.24) is 9.55 Å². The number of carbonyl (C=O) groups excluding carboxylic acids is 1. The summed E-state index contributed by atoms with van der Waals surface area (Å²) in [5.41, 5.74) is 7.97. The Balaban J connectivity index is 0.000000398. The van der Waals surface area contributed by atoms with Crippen LogP contribution in [0.15, 0.2) is 72.8 Å². The maximum absolute atomic E-state index is 10.0. The number of hydrogen-bond donors (Lipinski definition) is 1. The average Bonchev–Trinajstić information content (AvgIpc) is 3.23. The number of rotatable bonds is 3. The topological polar surface area (TPSA) is 55.1 Å². The minimum absolute atomic E-state index is 0. The van der Waals surface area contributed by atoms with Crippen molar-refractivity contribution < 1.29 is 30.0 Å². The van der Waals surface area contributed by atoms with E-state index in [4.69, 9.17) is 10.1 Å². The molecule has 0 unspecified atom stereocenters. The van der Waals surface area contributed by atoms with Gasteiger partial charge in [-0.05, 0) is 56.3 Å². The molecule has 0 aliphatic rings. The number of aryl methyl sites for hydroxylation is 3. The number of aliphatic hydroxyl groups excluding tert-OH is 1. The Labute approximate surface area is 203 Å². The van der Waals surface area contributed by atoms with E-state index in [1.807, 2.05) is 18.2 Å². The summed E-state index contributed by atoms with van der Waals surface area (Å²) in [7, 11) is 0. The van der Waals surface area contributed by atoms with Gasteiger partial charge in [0.15, 0.2) is 5.78 Å². The summed E-state index contributed by atoms with van der Waals surface area (Å²) in [5.74, 6) is -0.0625. The van der Waals surface area contributed by atoms with Gasteiger partial charge in [0.1, 0.15) is 0 Å². The van der Waals surface area contributed by atoms with E-state index in [0.29, 0.717) is 0 Å². The molecule has 0 aliphatic heterocycles. The van der Waals surface area contributed by atoms with Crippen molar-refractivity contribution in [2.24, 2.45) is 0 Å². The summed E-state index contributed by atoms with van der Waals surface area (Å²) in [6.07, 6.45) is 5.31. The molecule has 4 nitrogen and oxygen atoms in total. The van der Waals surface area contributed by atoms with Gasteiger partial charge in [0.25, 0.3) is 0 Å². The first kappa shape index (κ1) is 25.3. The zero-order valence-electron chi connectivity index (χ0n) is 18.9. The predicted octanol–water partition coefficient (Wildman–Crippen LogP) is 6.45. The largest absolute Gasteiger partial charge is 0.512 e. The molecule has 4 rings (SSSR count). The fourth-order valence-corrected chi connectivity index (χ4v) is 3.30. The van der Waals surface area contributed by atoms with Crippen LogP contribution < -0.4 is 0 Å². The molecule has 0 fully saturated rings. The minimum atomic E-state index is -0.125. The third kappa shape index (κ3) is 6.25. The Morgan fingerprint density at radius 1 is 1.00 bits per heavy atom. The summed E-state index contributed by atoms with van der Waals surface area (Å²) >= 11 is 0. The van der Waals surface area contributed by atoms with Crippen molar-refractivity contribution in [3.05, 3.63) is 95.5 Å². The van der Waals surface area contributed by atoms with Gasteiger partial charge < -0.3 is 9.67 Å². The molecule has 2 heterocycles. The summed E-state index contributed by atoms with van der Waals surface area (Å²) in [4.78, 5) is 14.9. The number of ketones is 1. The van der Waals surface area contributed by atoms with Crippen LogP contribution in [0.2, 0.25) is 0 Å². The van der Waals surface area contributed by atoms with Crippen LogP contribution in [0.4, 0.5) is 0 Å². The molecule has 32 heavy (non-hydrogen) atoms. The summed E-state index contributed by atoms with van der Waals surface area (Å²) < 4.78 is 2.14. The number of nitrogens with zero attached hydrogens (tertiary/aromatic N) is 2. The van der Waals surface area contributed by atoms with Gasteiger partial charge >= 0.3 is 0 Å². The van der Waals surface area contributed by atoms with Crippen molar-refractivity contribution in [3.63, 3.8) is 0 Å². The monoisotopic (exact) mass is 604 g/mol. The second kappa shape index (κ2) is 11.0. The number of hydrogen-bond acceptors (Lipinski definition) is 3. The van der Waals surface area contributed by atoms with Crippen molar-refractivity contribution >= 4 is 16.7 Å². The molecule has 167 valence electrons. The van der Waals surface area contributed by atoms with E-state index in [2.05, 4.69) is 74.1 Å². The molecule has 0 atom stereocenters. The number of aliphatic hydroxyl groups is 1. The van der Waals surface area contributed by atoms with E-state index >= 15 is 0 Å². The average molecular weight is 604 g/mol. The molecule has 0 saturated carbocycles. The second-order valence-electron chi connectivity index (χ2n) is 7.73. The second-order valence-corrected chi connectivity index (χ2v) is 7.73. The Kier molecular flexibility index (Phi) is 8.71. The number of carbonyl (C=O) groups is 1. The molecule has 0 aliphatic carbocycles. The molecular weight excluding hydrogens is 577 g/mol. The minimum Gasteiger partial charge on any atom is -0.512 e. The number of aromatic nitrogens is 2. The zero-order valence-corrected chi connectivity index (χ0v) is 21.3. The van der Waals surface area contributed by atoms with Crippen molar-refractivity contribution in [2.45, 2.75) is 34.6 Å². The molecule has 4 aromatic rings. The number of allylic oxidation sites excluding steroid dienone is 2. The van der Waals surface area contributed by atoms with E-state index in [1.54, 1.807) is 0 Å². The molecule has 1 radical (unpaired) electrons. The quantitative estimate of drug-likeness (QED) is 0.166. The maximum atomic E-state index is 10.0. The van der Waals surface area contributed by atoms with Crippen LogP contribution in [0.5, 0.6) is 0 Å². The Hall–Kier alpha value is -3.01. The summed E-state index contributed by atoms with van der Waals surface area (Å²) in [6.45, 7) is 9.21. The Morgan fingerprint density at radius 3 is 2.25 bits per heavy atom. The molecule has 2 aromatic carbocycles. The van der Waals surface area contributed by atoms with E-state index in [-0.39, 0.29) is 31.6 Å². The molecule has 2 aromatic heterocycles. The van der Waals surface area contributed by atoms with Gasteiger partial charge in [-0.1, -0.05) is 26.0 Å². The standard InChI is InChI=1S/C22H19N2.C5H8O2.Ir/c1-15-6-7-18(12-16(15)2)20-9-8-19-14-22(24-10-4-5-11-24)17(3)13-21(19)23-20;1-4(6)3-5(2)7;/h4-6,8-14H,1-3H3;3,6H,1-2H3;/q-1;;/b;4-3-;. The van der Waals surface area contributed by atoms with Crippen LogP contribution in [-0.2, 0) is 24.9 Å². The number of benzene rings is 2. The van der Waals surface area contributed by atoms with E-state index < -0.39 is 0 Å². The van der Waals surface area contributed by atoms with E-state index in [9.17, 15) is 4.79 Å². The molecule has 0 spiro atoms. The zero-order chi connectivity index (χ0) is 22.5. The van der Waals surface area contributed by atoms with E-state index in [0.717, 1.165) is 22.2 Å². The van der Waals surface area contributed by atoms with Crippen LogP contribution in [-0.4, -0.2) is 20.4 Å². The van der Waals surface area contributed by atoms with Crippen LogP contribution in [0, 0.1) is 26.8 Å². The van der Waals surface area contributed by atoms with Gasteiger partial charge in [0, 0.05) is 49.6 Å². The van der Waals surface area contributed by atoms with Gasteiger partial charge in [-0.15, -0.1) is 34.9 Å². The third-order valence-corrected chi connectivity index (χ3v) is 5.00. The van der Waals surface area contributed by atoms with Crippen molar-refractivity contribution in [2.75, 3.05) is 0 Å². The van der Waals surface area contributed by atoms with Crippen LogP contribution in [0.1, 0.15) is 30.5 Å². The fraction of sp³-hybridized carbons (Fsp3) is 0.185. The smallest absolute Gasteiger partial charge is 0.155 e. The Bertz CT molecular complexity index is 1250. The molecule has 0 bridgehead atoms. The molecular formula is C27H27IrN2O2-. The molecule has 5 heteroatoms. The normalized spacial score (nSPS) is 10.8. The fourth-order valence-electron chi connectivity index (χ4n) is 3.30. The Morgan fingerprint density at radius 2 is 1.69 bits per heavy atom. The SMILES string of the molecule is CC(=O)/C=C(/C)O.Cc1c[c-]c(-c2ccc3cc(-n4cccc4)c(C)cc3n2)cc1C.[Ir]. The summed E-state index contributed by atoms with van der Waals surface area (Å²) in [6, 6.07) is 20.2. The first-order chi connectivity index (χ1) is 14.7. The van der Waals surface area contributed by atoms with E-state index in [1.165, 1.54) is 42.3 Å². The maximum Gasteiger partial charge on any atom is 0.155 e. The van der Waals surface area contributed by atoms with Crippen molar-refractivity contribution in [3.8, 4) is 16.9 Å². The van der Waals surface area contributed by atoms with Gasteiger partial charge in [-0.25, -0.2) is 0 Å². The molecule has 0 amide bonds. The first-order valence-corrected chi connectivity index (χ1v) is 10.2. The van der Waals surface area contributed by atoms with Crippen LogP contribution in [0.25, 0.3) is 27.8 Å². The van der Waals surface area contributed by atoms with Gasteiger partial charge in [-0.2, -0.15) is 0 Å². The first-order valence-electron chi connectivity index (χ1n) is 10.2. The van der Waals surface area contributed by atoms with Gasteiger partial charge in [0.2, 0.25) is 0 Å². The number of fused-ring (bicyclic) bond motifs is 1. The van der Waals surface area contributed by atoms with Crippen LogP contribution >= 0.6 is 0 Å². The molecule has 0 saturated heterocycles. The number of pyridine rings is 1. The predicted molar refractivity (Wildman–Crippen MR) is 127 cm³/mol. The van der Waals surface area contributed by atoms with Gasteiger partial charge in [0.05, 0.1) is 11.3 Å². The van der Waals surface area contributed by atoms with Crippen LogP contribution in [0.3, 0.4) is 0 Å². The molecule has 1 N–H and O–H groups in total. The summed E-state index contributed by atoms with van der Waals surface area (Å²) in [5, 5.41) is 9.51.